The molecule has 0 amide bonds. The van der Waals surface area contributed by atoms with Crippen molar-refractivity contribution < 1.29 is 4.74 Å². The standard InChI is InChI=1S/C15H25NO/c1-11(2)13-8-6-7-9-14(13)17-15(4,5)10-12(3)16/h6-9,11-12H,10,16H2,1-5H3. The van der Waals surface area contributed by atoms with Gasteiger partial charge in [0.2, 0.25) is 0 Å². The minimum absolute atomic E-state index is 0.149. The molecule has 2 heteroatoms. The second kappa shape index (κ2) is 5.54. The second-order valence-electron chi connectivity index (χ2n) is 5.74. The van der Waals surface area contributed by atoms with Gasteiger partial charge in [-0.05, 0) is 38.3 Å². The largest absolute Gasteiger partial charge is 0.488 e. The Morgan fingerprint density at radius 3 is 2.29 bits per heavy atom. The van der Waals surface area contributed by atoms with Gasteiger partial charge < -0.3 is 10.5 Å². The molecular formula is C15H25NO. The lowest BCUT2D eigenvalue weighted by Crippen LogP contribution is -2.35. The number of nitrogens with two attached hydrogens (primary N) is 1. The zero-order valence-electron chi connectivity index (χ0n) is 11.7. The number of benzene rings is 1. The summed E-state index contributed by atoms with van der Waals surface area (Å²) in [4.78, 5) is 0. The topological polar surface area (TPSA) is 35.2 Å². The summed E-state index contributed by atoms with van der Waals surface area (Å²) in [5.74, 6) is 1.45. The Hall–Kier alpha value is -1.02. The fourth-order valence-corrected chi connectivity index (χ4v) is 2.17. The van der Waals surface area contributed by atoms with E-state index in [2.05, 4.69) is 39.8 Å². The lowest BCUT2D eigenvalue weighted by molar-refractivity contribution is 0.0918. The summed E-state index contributed by atoms with van der Waals surface area (Å²) in [7, 11) is 0. The van der Waals surface area contributed by atoms with Crippen LogP contribution in [0.3, 0.4) is 0 Å². The molecule has 0 heterocycles. The Kier molecular flexibility index (Phi) is 4.58. The van der Waals surface area contributed by atoms with E-state index in [0.29, 0.717) is 5.92 Å². The molecule has 2 nitrogen and oxygen atoms in total. The second-order valence-corrected chi connectivity index (χ2v) is 5.74. The Bertz CT molecular complexity index is 356. The van der Waals surface area contributed by atoms with Crippen LogP contribution >= 0.6 is 0 Å². The van der Waals surface area contributed by atoms with Gasteiger partial charge in [0.15, 0.2) is 0 Å². The van der Waals surface area contributed by atoms with Gasteiger partial charge >= 0.3 is 0 Å². The van der Waals surface area contributed by atoms with Crippen molar-refractivity contribution in [1.82, 2.24) is 0 Å². The molecule has 1 rings (SSSR count). The van der Waals surface area contributed by atoms with Crippen molar-refractivity contribution in [3.8, 4) is 5.75 Å². The highest BCUT2D eigenvalue weighted by Crippen LogP contribution is 2.30. The maximum absolute atomic E-state index is 6.13. The van der Waals surface area contributed by atoms with Crippen LogP contribution in [-0.2, 0) is 0 Å². The third-order valence-electron chi connectivity index (χ3n) is 2.74. The van der Waals surface area contributed by atoms with Crippen LogP contribution in [0.25, 0.3) is 0 Å². The van der Waals surface area contributed by atoms with Crippen molar-refractivity contribution in [3.05, 3.63) is 29.8 Å². The molecule has 0 aliphatic heterocycles. The molecule has 2 N–H and O–H groups in total. The molecule has 17 heavy (non-hydrogen) atoms. The lowest BCUT2D eigenvalue weighted by atomic mass is 9.98. The fraction of sp³-hybridized carbons (Fsp3) is 0.600. The molecule has 1 aromatic rings. The summed E-state index contributed by atoms with van der Waals surface area (Å²) in [6, 6.07) is 8.39. The van der Waals surface area contributed by atoms with Crippen molar-refractivity contribution in [2.24, 2.45) is 5.73 Å². The van der Waals surface area contributed by atoms with Crippen molar-refractivity contribution in [2.45, 2.75) is 58.6 Å². The van der Waals surface area contributed by atoms with Gasteiger partial charge in [0.25, 0.3) is 0 Å². The Morgan fingerprint density at radius 2 is 1.76 bits per heavy atom. The molecule has 0 spiro atoms. The van der Waals surface area contributed by atoms with E-state index < -0.39 is 0 Å². The van der Waals surface area contributed by atoms with Crippen molar-refractivity contribution in [3.63, 3.8) is 0 Å². The van der Waals surface area contributed by atoms with Gasteiger partial charge in [-0.3, -0.25) is 0 Å². The van der Waals surface area contributed by atoms with Crippen molar-refractivity contribution >= 4 is 0 Å². The quantitative estimate of drug-likeness (QED) is 0.844. The Balaban J connectivity index is 2.87. The van der Waals surface area contributed by atoms with E-state index in [9.17, 15) is 0 Å². The maximum atomic E-state index is 6.13. The Labute approximate surface area is 105 Å². The number of rotatable bonds is 5. The van der Waals surface area contributed by atoms with Crippen molar-refractivity contribution in [2.75, 3.05) is 0 Å². The van der Waals surface area contributed by atoms with Crippen molar-refractivity contribution in [1.29, 1.82) is 0 Å². The monoisotopic (exact) mass is 235 g/mol. The van der Waals surface area contributed by atoms with Crippen LogP contribution in [0.1, 0.15) is 52.5 Å². The smallest absolute Gasteiger partial charge is 0.123 e. The molecule has 0 radical (unpaired) electrons. The summed E-state index contributed by atoms with van der Waals surface area (Å²) in [6.45, 7) is 10.6. The zero-order chi connectivity index (χ0) is 13.1. The minimum atomic E-state index is -0.223. The molecule has 1 atom stereocenters. The third-order valence-corrected chi connectivity index (χ3v) is 2.74. The zero-order valence-corrected chi connectivity index (χ0v) is 11.7. The van der Waals surface area contributed by atoms with Crippen LogP contribution in [0, 0.1) is 0 Å². The van der Waals surface area contributed by atoms with Crippen LogP contribution in [0.5, 0.6) is 5.75 Å². The first-order chi connectivity index (χ1) is 7.82. The van der Waals surface area contributed by atoms with Gasteiger partial charge in [-0.2, -0.15) is 0 Å². The fourth-order valence-electron chi connectivity index (χ4n) is 2.17. The Morgan fingerprint density at radius 1 is 1.18 bits per heavy atom. The van der Waals surface area contributed by atoms with Gasteiger partial charge in [-0.25, -0.2) is 0 Å². The predicted molar refractivity (Wildman–Crippen MR) is 73.5 cm³/mol. The average Bonchev–Trinajstić information content (AvgIpc) is 2.14. The molecule has 0 bridgehead atoms. The summed E-state index contributed by atoms with van der Waals surface area (Å²) < 4.78 is 6.13. The van der Waals surface area contributed by atoms with Gasteiger partial charge in [0.05, 0.1) is 0 Å². The van der Waals surface area contributed by atoms with Gasteiger partial charge in [0.1, 0.15) is 11.4 Å². The number of para-hydroxylation sites is 1. The summed E-state index contributed by atoms with van der Waals surface area (Å²) in [5, 5.41) is 0. The minimum Gasteiger partial charge on any atom is -0.488 e. The molecule has 96 valence electrons. The van der Waals surface area contributed by atoms with E-state index in [4.69, 9.17) is 10.5 Å². The highest BCUT2D eigenvalue weighted by Gasteiger charge is 2.23. The van der Waals surface area contributed by atoms with E-state index in [1.54, 1.807) is 0 Å². The first-order valence-electron chi connectivity index (χ1n) is 6.35. The molecule has 0 aliphatic rings. The summed E-state index contributed by atoms with van der Waals surface area (Å²) in [6.07, 6.45) is 0.847. The van der Waals surface area contributed by atoms with Gasteiger partial charge in [0, 0.05) is 12.5 Å². The van der Waals surface area contributed by atoms with E-state index in [1.807, 2.05) is 19.1 Å². The number of hydrogen-bond donors (Lipinski definition) is 1. The molecule has 0 saturated carbocycles. The SMILES string of the molecule is CC(N)CC(C)(C)Oc1ccccc1C(C)C. The molecule has 1 aromatic carbocycles. The van der Waals surface area contributed by atoms with Crippen LogP contribution in [0.4, 0.5) is 0 Å². The predicted octanol–water partition coefficient (Wildman–Crippen LogP) is 3.70. The summed E-state index contributed by atoms with van der Waals surface area (Å²) >= 11 is 0. The van der Waals surface area contributed by atoms with E-state index in [0.717, 1.165) is 12.2 Å². The molecule has 1 unspecified atom stereocenters. The average molecular weight is 235 g/mol. The molecular weight excluding hydrogens is 210 g/mol. The van der Waals surface area contributed by atoms with Gasteiger partial charge in [-0.1, -0.05) is 32.0 Å². The first kappa shape index (κ1) is 14.0. The summed E-state index contributed by atoms with van der Waals surface area (Å²) in [5.41, 5.74) is 6.88. The van der Waals surface area contributed by atoms with Crippen LogP contribution in [0.15, 0.2) is 24.3 Å². The molecule has 0 saturated heterocycles. The maximum Gasteiger partial charge on any atom is 0.123 e. The van der Waals surface area contributed by atoms with E-state index in [1.165, 1.54) is 5.56 Å². The third kappa shape index (κ3) is 4.39. The van der Waals surface area contributed by atoms with Crippen LogP contribution in [-0.4, -0.2) is 11.6 Å². The number of hydrogen-bond acceptors (Lipinski definition) is 2. The molecule has 0 aliphatic carbocycles. The van der Waals surface area contributed by atoms with E-state index >= 15 is 0 Å². The van der Waals surface area contributed by atoms with Crippen LogP contribution < -0.4 is 10.5 Å². The first-order valence-corrected chi connectivity index (χ1v) is 6.35. The highest BCUT2D eigenvalue weighted by atomic mass is 16.5. The normalized spacial score (nSPS) is 13.8. The molecule has 0 aromatic heterocycles. The molecule has 0 fully saturated rings. The lowest BCUT2D eigenvalue weighted by Gasteiger charge is -2.29. The number of ether oxygens (including phenoxy) is 1. The highest BCUT2D eigenvalue weighted by molar-refractivity contribution is 5.36. The van der Waals surface area contributed by atoms with Crippen LogP contribution in [0.2, 0.25) is 0 Å². The van der Waals surface area contributed by atoms with Gasteiger partial charge in [-0.15, -0.1) is 0 Å². The van der Waals surface area contributed by atoms with E-state index in [-0.39, 0.29) is 11.6 Å².